The van der Waals surface area contributed by atoms with Gasteiger partial charge in [-0.15, -0.1) is 0 Å². The SMILES string of the molecule is O=C(/C=C/c1ccco1)N(Cc1cccnc1)Cc1ccco1. The van der Waals surface area contributed by atoms with Gasteiger partial charge in [0.2, 0.25) is 5.91 Å². The van der Waals surface area contributed by atoms with Crippen molar-refractivity contribution >= 4 is 12.0 Å². The summed E-state index contributed by atoms with van der Waals surface area (Å²) in [7, 11) is 0. The molecule has 0 unspecified atom stereocenters. The summed E-state index contributed by atoms with van der Waals surface area (Å²) in [4.78, 5) is 18.3. The predicted molar refractivity (Wildman–Crippen MR) is 84.9 cm³/mol. The first-order chi connectivity index (χ1) is 11.3. The Morgan fingerprint density at radius 2 is 1.96 bits per heavy atom. The van der Waals surface area contributed by atoms with Crippen LogP contribution in [0.2, 0.25) is 0 Å². The predicted octanol–water partition coefficient (Wildman–Crippen LogP) is 3.51. The van der Waals surface area contributed by atoms with Gasteiger partial charge in [0.05, 0.1) is 19.1 Å². The molecule has 0 saturated carbocycles. The van der Waals surface area contributed by atoms with E-state index in [1.54, 1.807) is 54.1 Å². The van der Waals surface area contributed by atoms with E-state index in [1.807, 2.05) is 18.2 Å². The molecule has 23 heavy (non-hydrogen) atoms. The number of carbonyl (C=O) groups excluding carboxylic acids is 1. The lowest BCUT2D eigenvalue weighted by Gasteiger charge is -2.20. The molecule has 3 aromatic heterocycles. The number of amides is 1. The first kappa shape index (κ1) is 14.8. The molecule has 0 aliphatic rings. The van der Waals surface area contributed by atoms with Crippen LogP contribution in [-0.4, -0.2) is 15.8 Å². The fourth-order valence-electron chi connectivity index (χ4n) is 2.16. The fraction of sp³-hybridized carbons (Fsp3) is 0.111. The van der Waals surface area contributed by atoms with Crippen LogP contribution < -0.4 is 0 Å². The van der Waals surface area contributed by atoms with Crippen LogP contribution in [0.1, 0.15) is 17.1 Å². The smallest absolute Gasteiger partial charge is 0.247 e. The minimum Gasteiger partial charge on any atom is -0.467 e. The highest BCUT2D eigenvalue weighted by Crippen LogP contribution is 2.12. The first-order valence-corrected chi connectivity index (χ1v) is 7.23. The summed E-state index contributed by atoms with van der Waals surface area (Å²) in [5.41, 5.74) is 0.957. The van der Waals surface area contributed by atoms with Gasteiger partial charge in [0, 0.05) is 25.0 Å². The Hall–Kier alpha value is -3.08. The Balaban J connectivity index is 1.74. The highest BCUT2D eigenvalue weighted by molar-refractivity contribution is 5.91. The van der Waals surface area contributed by atoms with Crippen LogP contribution in [0.4, 0.5) is 0 Å². The minimum atomic E-state index is -0.123. The zero-order chi connectivity index (χ0) is 15.9. The Bertz CT molecular complexity index is 747. The second-order valence-corrected chi connectivity index (χ2v) is 4.98. The number of rotatable bonds is 6. The van der Waals surface area contributed by atoms with Gasteiger partial charge in [0.15, 0.2) is 0 Å². The average molecular weight is 308 g/mol. The van der Waals surface area contributed by atoms with E-state index in [2.05, 4.69) is 4.98 Å². The van der Waals surface area contributed by atoms with Gasteiger partial charge in [-0.25, -0.2) is 0 Å². The van der Waals surface area contributed by atoms with Gasteiger partial charge >= 0.3 is 0 Å². The number of hydrogen-bond donors (Lipinski definition) is 0. The third kappa shape index (κ3) is 4.20. The van der Waals surface area contributed by atoms with Gasteiger partial charge in [-0.2, -0.15) is 0 Å². The van der Waals surface area contributed by atoms with E-state index in [0.717, 1.165) is 11.3 Å². The summed E-state index contributed by atoms with van der Waals surface area (Å²) in [6.07, 6.45) is 9.78. The lowest BCUT2D eigenvalue weighted by Crippen LogP contribution is -2.28. The molecule has 0 atom stereocenters. The van der Waals surface area contributed by atoms with E-state index in [1.165, 1.54) is 6.08 Å². The number of furan rings is 2. The molecule has 0 aliphatic carbocycles. The summed E-state index contributed by atoms with van der Waals surface area (Å²) in [5.74, 6) is 1.24. The molecule has 3 rings (SSSR count). The molecule has 0 radical (unpaired) electrons. The molecule has 0 spiro atoms. The summed E-state index contributed by atoms with van der Waals surface area (Å²) in [6, 6.07) is 11.0. The molecule has 0 aromatic carbocycles. The highest BCUT2D eigenvalue weighted by atomic mass is 16.3. The van der Waals surface area contributed by atoms with Crippen molar-refractivity contribution in [1.82, 2.24) is 9.88 Å². The van der Waals surface area contributed by atoms with Crippen molar-refractivity contribution in [2.24, 2.45) is 0 Å². The topological polar surface area (TPSA) is 59.5 Å². The zero-order valence-corrected chi connectivity index (χ0v) is 12.5. The van der Waals surface area contributed by atoms with Crippen molar-refractivity contribution in [3.63, 3.8) is 0 Å². The van der Waals surface area contributed by atoms with Crippen LogP contribution >= 0.6 is 0 Å². The number of nitrogens with zero attached hydrogens (tertiary/aromatic N) is 2. The van der Waals surface area contributed by atoms with Gasteiger partial charge in [-0.05, 0) is 42.0 Å². The lowest BCUT2D eigenvalue weighted by molar-refractivity contribution is -0.127. The standard InChI is InChI=1S/C18H16N2O3/c21-18(8-7-16-5-2-10-22-16)20(14-17-6-3-11-23-17)13-15-4-1-9-19-12-15/h1-12H,13-14H2/b8-7+. The van der Waals surface area contributed by atoms with Crippen molar-refractivity contribution in [2.45, 2.75) is 13.1 Å². The fourth-order valence-corrected chi connectivity index (χ4v) is 2.16. The summed E-state index contributed by atoms with van der Waals surface area (Å²) in [6.45, 7) is 0.846. The Morgan fingerprint density at radius 1 is 1.09 bits per heavy atom. The van der Waals surface area contributed by atoms with Crippen molar-refractivity contribution in [1.29, 1.82) is 0 Å². The Morgan fingerprint density at radius 3 is 2.65 bits per heavy atom. The van der Waals surface area contributed by atoms with Crippen LogP contribution in [0.5, 0.6) is 0 Å². The van der Waals surface area contributed by atoms with Crippen molar-refractivity contribution < 1.29 is 13.6 Å². The van der Waals surface area contributed by atoms with Gasteiger partial charge in [-0.1, -0.05) is 6.07 Å². The van der Waals surface area contributed by atoms with Crippen molar-refractivity contribution in [3.05, 3.63) is 84.5 Å². The minimum absolute atomic E-state index is 0.123. The second-order valence-electron chi connectivity index (χ2n) is 4.98. The Labute approximate surface area is 133 Å². The normalized spacial score (nSPS) is 11.0. The van der Waals surface area contributed by atoms with Crippen LogP contribution in [0.15, 0.2) is 76.2 Å². The maximum absolute atomic E-state index is 12.5. The maximum atomic E-state index is 12.5. The van der Waals surface area contributed by atoms with Gasteiger partial charge in [0.1, 0.15) is 11.5 Å². The molecule has 0 bridgehead atoms. The molecule has 5 heteroatoms. The molecule has 0 N–H and O–H groups in total. The average Bonchev–Trinajstić information content (AvgIpc) is 3.26. The Kier molecular flexibility index (Phi) is 4.69. The molecular formula is C18H16N2O3. The van der Waals surface area contributed by atoms with Gasteiger partial charge in [-0.3, -0.25) is 9.78 Å². The molecule has 0 fully saturated rings. The molecule has 0 aliphatic heterocycles. The summed E-state index contributed by atoms with van der Waals surface area (Å²) >= 11 is 0. The largest absolute Gasteiger partial charge is 0.467 e. The van der Waals surface area contributed by atoms with Crippen LogP contribution in [0.3, 0.4) is 0 Å². The molecular weight excluding hydrogens is 292 g/mol. The third-order valence-electron chi connectivity index (χ3n) is 3.27. The second kappa shape index (κ2) is 7.26. The van der Waals surface area contributed by atoms with E-state index in [0.29, 0.717) is 18.8 Å². The van der Waals surface area contributed by atoms with Gasteiger partial charge in [0.25, 0.3) is 0 Å². The molecule has 0 saturated heterocycles. The van der Waals surface area contributed by atoms with Crippen LogP contribution in [-0.2, 0) is 17.9 Å². The van der Waals surface area contributed by atoms with E-state index in [9.17, 15) is 4.79 Å². The lowest BCUT2D eigenvalue weighted by atomic mass is 10.2. The molecule has 3 heterocycles. The molecule has 3 aromatic rings. The van der Waals surface area contributed by atoms with E-state index in [-0.39, 0.29) is 5.91 Å². The molecule has 116 valence electrons. The van der Waals surface area contributed by atoms with E-state index < -0.39 is 0 Å². The number of hydrogen-bond acceptors (Lipinski definition) is 4. The van der Waals surface area contributed by atoms with E-state index in [4.69, 9.17) is 8.83 Å². The molecule has 5 nitrogen and oxygen atoms in total. The van der Waals surface area contributed by atoms with Crippen LogP contribution in [0, 0.1) is 0 Å². The summed E-state index contributed by atoms with van der Waals surface area (Å²) in [5, 5.41) is 0. The summed E-state index contributed by atoms with van der Waals surface area (Å²) < 4.78 is 10.6. The van der Waals surface area contributed by atoms with Crippen molar-refractivity contribution in [3.8, 4) is 0 Å². The van der Waals surface area contributed by atoms with Crippen LogP contribution in [0.25, 0.3) is 6.08 Å². The van der Waals surface area contributed by atoms with Gasteiger partial charge < -0.3 is 13.7 Å². The molecule has 1 amide bonds. The van der Waals surface area contributed by atoms with E-state index >= 15 is 0 Å². The number of aromatic nitrogens is 1. The quantitative estimate of drug-likeness (QED) is 0.654. The first-order valence-electron chi connectivity index (χ1n) is 7.23. The van der Waals surface area contributed by atoms with Crippen molar-refractivity contribution in [2.75, 3.05) is 0 Å². The zero-order valence-electron chi connectivity index (χ0n) is 12.5. The number of pyridine rings is 1. The third-order valence-corrected chi connectivity index (χ3v) is 3.27. The maximum Gasteiger partial charge on any atom is 0.247 e. The monoisotopic (exact) mass is 308 g/mol. The number of carbonyl (C=O) groups is 1. The highest BCUT2D eigenvalue weighted by Gasteiger charge is 2.14.